The number of allylic oxidation sites excluding steroid dienone is 1. The number of pyridine rings is 1. The summed E-state index contributed by atoms with van der Waals surface area (Å²) in [5, 5.41) is 0. The Balaban J connectivity index is 1.29. The molecule has 2 aromatic heterocycles. The van der Waals surface area contributed by atoms with Crippen molar-refractivity contribution < 1.29 is 0 Å². The summed E-state index contributed by atoms with van der Waals surface area (Å²) in [5.41, 5.74) is 12.3. The third-order valence-electron chi connectivity index (χ3n) is 7.45. The van der Waals surface area contributed by atoms with Crippen LogP contribution in [-0.4, -0.2) is 15.0 Å². The Kier molecular flexibility index (Phi) is 6.31. The van der Waals surface area contributed by atoms with E-state index < -0.39 is 0 Å². The van der Waals surface area contributed by atoms with Crippen molar-refractivity contribution in [1.82, 2.24) is 15.0 Å². The van der Waals surface area contributed by atoms with Gasteiger partial charge in [0.05, 0.1) is 11.4 Å². The fraction of sp³-hybridized carbons (Fsp3) is 0.0541. The summed E-state index contributed by atoms with van der Waals surface area (Å²) in [7, 11) is 0. The zero-order valence-electron chi connectivity index (χ0n) is 22.0. The zero-order valence-corrected chi connectivity index (χ0v) is 22.0. The lowest BCUT2D eigenvalue weighted by Crippen LogP contribution is -1.96. The molecule has 40 heavy (non-hydrogen) atoms. The van der Waals surface area contributed by atoms with Crippen LogP contribution in [0.25, 0.3) is 62.2 Å². The first kappa shape index (κ1) is 23.9. The number of aryl methyl sites for hydroxylation is 1. The van der Waals surface area contributed by atoms with Crippen LogP contribution >= 0.6 is 0 Å². The largest absolute Gasteiger partial charge is 0.264 e. The van der Waals surface area contributed by atoms with Gasteiger partial charge in [-0.2, -0.15) is 0 Å². The number of rotatable bonds is 5. The first-order chi connectivity index (χ1) is 19.8. The maximum Gasteiger partial charge on any atom is 0.160 e. The molecule has 0 unspecified atom stereocenters. The molecule has 0 aliphatic heterocycles. The van der Waals surface area contributed by atoms with Gasteiger partial charge in [-0.25, -0.2) is 9.97 Å². The molecule has 190 valence electrons. The molecule has 0 fully saturated rings. The molecule has 3 nitrogen and oxygen atoms in total. The molecule has 6 aromatic rings. The molecule has 0 amide bonds. The van der Waals surface area contributed by atoms with Gasteiger partial charge in [0.15, 0.2) is 5.82 Å². The van der Waals surface area contributed by atoms with E-state index >= 15 is 0 Å². The van der Waals surface area contributed by atoms with E-state index in [2.05, 4.69) is 108 Å². The molecule has 3 heteroatoms. The van der Waals surface area contributed by atoms with Crippen LogP contribution in [0.15, 0.2) is 134 Å². The Labute approximate surface area is 234 Å². The van der Waals surface area contributed by atoms with Crippen molar-refractivity contribution in [3.05, 3.63) is 145 Å². The Morgan fingerprint density at radius 1 is 0.500 bits per heavy atom. The first-order valence-corrected chi connectivity index (χ1v) is 13.7. The number of fused-ring (bicyclic) bond motifs is 1. The van der Waals surface area contributed by atoms with Gasteiger partial charge >= 0.3 is 0 Å². The van der Waals surface area contributed by atoms with Crippen molar-refractivity contribution in [3.63, 3.8) is 0 Å². The molecular formula is C37H27N3. The van der Waals surface area contributed by atoms with Crippen LogP contribution in [-0.2, 0) is 6.42 Å². The Bertz CT molecular complexity index is 1820. The zero-order chi connectivity index (χ0) is 26.7. The average Bonchev–Trinajstić information content (AvgIpc) is 3.05. The Morgan fingerprint density at radius 2 is 1.20 bits per heavy atom. The lowest BCUT2D eigenvalue weighted by molar-refractivity contribution is 0.986. The van der Waals surface area contributed by atoms with Crippen LogP contribution in [0.3, 0.4) is 0 Å². The molecule has 0 radical (unpaired) electrons. The van der Waals surface area contributed by atoms with Crippen LogP contribution in [0.4, 0.5) is 0 Å². The topological polar surface area (TPSA) is 38.7 Å². The minimum Gasteiger partial charge on any atom is -0.264 e. The SMILES string of the molecule is C1=Cc2cc(-c3ccc(-c4cc(-c5cccc(-c6cccnc6)c5)nc(-c5ccccc5)n4)cc3)ccc2CC1. The lowest BCUT2D eigenvalue weighted by Gasteiger charge is -2.13. The fourth-order valence-corrected chi connectivity index (χ4v) is 5.29. The summed E-state index contributed by atoms with van der Waals surface area (Å²) < 4.78 is 0. The highest BCUT2D eigenvalue weighted by atomic mass is 14.9. The van der Waals surface area contributed by atoms with Crippen molar-refractivity contribution in [1.29, 1.82) is 0 Å². The predicted octanol–water partition coefficient (Wildman–Crippen LogP) is 9.17. The molecule has 0 spiro atoms. The molecule has 0 atom stereocenters. The van der Waals surface area contributed by atoms with Gasteiger partial charge in [0.1, 0.15) is 0 Å². The number of hydrogen-bond donors (Lipinski definition) is 0. The molecule has 1 aliphatic carbocycles. The summed E-state index contributed by atoms with van der Waals surface area (Å²) in [4.78, 5) is 14.3. The monoisotopic (exact) mass is 513 g/mol. The first-order valence-electron chi connectivity index (χ1n) is 13.7. The van der Waals surface area contributed by atoms with Crippen molar-refractivity contribution in [2.45, 2.75) is 12.8 Å². The van der Waals surface area contributed by atoms with E-state index in [4.69, 9.17) is 9.97 Å². The Morgan fingerprint density at radius 3 is 2.02 bits per heavy atom. The molecule has 0 bridgehead atoms. The maximum absolute atomic E-state index is 5.01. The van der Waals surface area contributed by atoms with E-state index in [-0.39, 0.29) is 0 Å². The van der Waals surface area contributed by atoms with Gasteiger partial charge in [0, 0.05) is 34.6 Å². The quantitative estimate of drug-likeness (QED) is 0.231. The second-order valence-corrected chi connectivity index (χ2v) is 10.1. The summed E-state index contributed by atoms with van der Waals surface area (Å²) in [6, 6.07) is 40.3. The van der Waals surface area contributed by atoms with Crippen LogP contribution in [0, 0.1) is 0 Å². The summed E-state index contributed by atoms with van der Waals surface area (Å²) in [5.74, 6) is 0.713. The molecular weight excluding hydrogens is 486 g/mol. The predicted molar refractivity (Wildman–Crippen MR) is 164 cm³/mol. The van der Waals surface area contributed by atoms with Crippen LogP contribution in [0.1, 0.15) is 17.5 Å². The highest BCUT2D eigenvalue weighted by Gasteiger charge is 2.12. The number of aromatic nitrogens is 3. The third kappa shape index (κ3) is 4.85. The normalized spacial score (nSPS) is 12.2. The average molecular weight is 514 g/mol. The van der Waals surface area contributed by atoms with E-state index in [1.807, 2.05) is 30.5 Å². The second kappa shape index (κ2) is 10.5. The molecule has 2 heterocycles. The molecule has 0 saturated carbocycles. The number of hydrogen-bond acceptors (Lipinski definition) is 3. The lowest BCUT2D eigenvalue weighted by atomic mass is 9.93. The fourth-order valence-electron chi connectivity index (χ4n) is 5.29. The Hall–Kier alpha value is -5.15. The van der Waals surface area contributed by atoms with Gasteiger partial charge in [-0.1, -0.05) is 103 Å². The van der Waals surface area contributed by atoms with Crippen LogP contribution in [0.2, 0.25) is 0 Å². The van der Waals surface area contributed by atoms with Crippen molar-refractivity contribution in [2.24, 2.45) is 0 Å². The van der Waals surface area contributed by atoms with E-state index in [0.29, 0.717) is 5.82 Å². The standard InChI is InChI=1S/C37H27N3/c1-2-9-29(10-3-1)37-39-35(24-36(40-37)33-13-6-12-31(23-33)34-14-7-21-38-25-34)28-18-15-27(16-19-28)32-20-17-26-8-4-5-11-30(26)22-32/h1-3,5-7,9-25H,4,8H2. The van der Waals surface area contributed by atoms with Gasteiger partial charge in [-0.3, -0.25) is 4.98 Å². The van der Waals surface area contributed by atoms with Crippen molar-refractivity contribution in [2.75, 3.05) is 0 Å². The van der Waals surface area contributed by atoms with E-state index in [1.54, 1.807) is 6.20 Å². The smallest absolute Gasteiger partial charge is 0.160 e. The van der Waals surface area contributed by atoms with E-state index in [9.17, 15) is 0 Å². The molecule has 1 aliphatic rings. The van der Waals surface area contributed by atoms with Gasteiger partial charge < -0.3 is 0 Å². The van der Waals surface area contributed by atoms with Gasteiger partial charge in [-0.15, -0.1) is 0 Å². The highest BCUT2D eigenvalue weighted by molar-refractivity contribution is 5.77. The minimum absolute atomic E-state index is 0.713. The maximum atomic E-state index is 5.01. The third-order valence-corrected chi connectivity index (χ3v) is 7.45. The van der Waals surface area contributed by atoms with Crippen molar-refractivity contribution >= 4 is 6.08 Å². The van der Waals surface area contributed by atoms with E-state index in [1.165, 1.54) is 22.3 Å². The van der Waals surface area contributed by atoms with Crippen LogP contribution < -0.4 is 0 Å². The molecule has 4 aromatic carbocycles. The summed E-state index contributed by atoms with van der Waals surface area (Å²) in [6.45, 7) is 0. The minimum atomic E-state index is 0.713. The highest BCUT2D eigenvalue weighted by Crippen LogP contribution is 2.32. The second-order valence-electron chi connectivity index (χ2n) is 10.1. The summed E-state index contributed by atoms with van der Waals surface area (Å²) in [6.07, 6.45) is 10.4. The molecule has 0 N–H and O–H groups in total. The van der Waals surface area contributed by atoms with Crippen LogP contribution in [0.5, 0.6) is 0 Å². The van der Waals surface area contributed by atoms with E-state index in [0.717, 1.165) is 52.0 Å². The van der Waals surface area contributed by atoms with Gasteiger partial charge in [-0.05, 0) is 64.9 Å². The van der Waals surface area contributed by atoms with Crippen molar-refractivity contribution in [3.8, 4) is 56.2 Å². The summed E-state index contributed by atoms with van der Waals surface area (Å²) >= 11 is 0. The number of benzene rings is 4. The van der Waals surface area contributed by atoms with Gasteiger partial charge in [0.25, 0.3) is 0 Å². The molecule has 0 saturated heterocycles. The van der Waals surface area contributed by atoms with Gasteiger partial charge in [0.2, 0.25) is 0 Å². The molecule has 7 rings (SSSR count). The number of nitrogens with zero attached hydrogens (tertiary/aromatic N) is 3.